The van der Waals surface area contributed by atoms with Crippen LogP contribution in [-0.2, 0) is 6.42 Å². The van der Waals surface area contributed by atoms with Crippen molar-refractivity contribution in [2.75, 3.05) is 11.2 Å². The van der Waals surface area contributed by atoms with E-state index in [9.17, 15) is 0 Å². The summed E-state index contributed by atoms with van der Waals surface area (Å²) in [6, 6.07) is 8.28. The fraction of sp³-hybridized carbons (Fsp3) is 0.273. The average molecular weight is 254 g/mol. The molecule has 0 bridgehead atoms. The molecule has 0 amide bonds. The van der Waals surface area contributed by atoms with Gasteiger partial charge in [0.1, 0.15) is 5.51 Å². The predicted molar refractivity (Wildman–Crippen MR) is 68.7 cm³/mol. The van der Waals surface area contributed by atoms with E-state index in [1.807, 2.05) is 12.1 Å². The molecule has 1 aromatic heterocycles. The van der Waals surface area contributed by atoms with Crippen LogP contribution >= 0.6 is 22.9 Å². The van der Waals surface area contributed by atoms with E-state index in [-0.39, 0.29) is 0 Å². The van der Waals surface area contributed by atoms with Crippen LogP contribution in [0.2, 0.25) is 0 Å². The van der Waals surface area contributed by atoms with Crippen LogP contribution in [0.1, 0.15) is 12.0 Å². The van der Waals surface area contributed by atoms with Gasteiger partial charge in [-0.3, -0.25) is 0 Å². The van der Waals surface area contributed by atoms with Crippen LogP contribution in [0.25, 0.3) is 0 Å². The summed E-state index contributed by atoms with van der Waals surface area (Å²) >= 11 is 7.16. The highest BCUT2D eigenvalue weighted by molar-refractivity contribution is 7.13. The second kappa shape index (κ2) is 5.82. The van der Waals surface area contributed by atoms with Crippen LogP contribution in [-0.4, -0.2) is 16.1 Å². The number of aryl methyl sites for hydroxylation is 1. The molecule has 2 aromatic rings. The number of aromatic nitrogens is 2. The van der Waals surface area contributed by atoms with Gasteiger partial charge in [0, 0.05) is 11.6 Å². The molecular weight excluding hydrogens is 242 g/mol. The van der Waals surface area contributed by atoms with E-state index in [4.69, 9.17) is 11.6 Å². The lowest BCUT2D eigenvalue weighted by molar-refractivity contribution is 0.929. The summed E-state index contributed by atoms with van der Waals surface area (Å²) in [4.78, 5) is 0. The van der Waals surface area contributed by atoms with E-state index >= 15 is 0 Å². The minimum atomic E-state index is 0.702. The molecule has 0 saturated carbocycles. The summed E-state index contributed by atoms with van der Waals surface area (Å²) in [7, 11) is 0. The molecule has 1 heterocycles. The van der Waals surface area contributed by atoms with Crippen LogP contribution in [0, 0.1) is 0 Å². The van der Waals surface area contributed by atoms with Crippen LogP contribution < -0.4 is 5.32 Å². The standard InChI is InChI=1S/C11H12ClN3S/c12-6-2-4-9-3-1-5-10(7-9)14-11-15-13-8-16-11/h1,3,5,7-8H,2,4,6H2,(H,14,15). The molecule has 1 aromatic carbocycles. The monoisotopic (exact) mass is 253 g/mol. The number of hydrogen-bond acceptors (Lipinski definition) is 4. The largest absolute Gasteiger partial charge is 0.330 e. The molecule has 1 N–H and O–H groups in total. The van der Waals surface area contributed by atoms with Crippen molar-refractivity contribution >= 4 is 33.8 Å². The maximum absolute atomic E-state index is 5.67. The van der Waals surface area contributed by atoms with Gasteiger partial charge in [-0.1, -0.05) is 23.5 Å². The Bertz CT molecular complexity index is 431. The Kier molecular flexibility index (Phi) is 4.13. The Morgan fingerprint density at radius 1 is 1.38 bits per heavy atom. The summed E-state index contributed by atoms with van der Waals surface area (Å²) in [6.45, 7) is 0. The van der Waals surface area contributed by atoms with Crippen LogP contribution in [0.3, 0.4) is 0 Å². The first-order valence-corrected chi connectivity index (χ1v) is 6.48. The smallest absolute Gasteiger partial charge is 0.209 e. The third-order valence-electron chi connectivity index (χ3n) is 2.14. The number of alkyl halides is 1. The lowest BCUT2D eigenvalue weighted by atomic mass is 10.1. The topological polar surface area (TPSA) is 37.8 Å². The van der Waals surface area contributed by atoms with E-state index in [1.54, 1.807) is 5.51 Å². The molecule has 0 aliphatic rings. The van der Waals surface area contributed by atoms with E-state index in [0.29, 0.717) is 5.88 Å². The SMILES string of the molecule is ClCCCc1cccc(Nc2nncs2)c1. The Morgan fingerprint density at radius 3 is 3.06 bits per heavy atom. The van der Waals surface area contributed by atoms with E-state index < -0.39 is 0 Å². The van der Waals surface area contributed by atoms with Crippen LogP contribution in [0.5, 0.6) is 0 Å². The maximum Gasteiger partial charge on any atom is 0.209 e. The van der Waals surface area contributed by atoms with Crippen LogP contribution in [0.4, 0.5) is 10.8 Å². The Hall–Kier alpha value is -1.13. The summed E-state index contributed by atoms with van der Waals surface area (Å²) in [5.74, 6) is 0.702. The molecule has 84 valence electrons. The molecule has 0 unspecified atom stereocenters. The van der Waals surface area contributed by atoms with Gasteiger partial charge in [-0.15, -0.1) is 21.8 Å². The second-order valence-electron chi connectivity index (χ2n) is 3.36. The molecule has 0 aliphatic carbocycles. The zero-order chi connectivity index (χ0) is 11.2. The van der Waals surface area contributed by atoms with E-state index in [1.165, 1.54) is 16.9 Å². The number of hydrogen-bond donors (Lipinski definition) is 1. The van der Waals surface area contributed by atoms with Crippen molar-refractivity contribution in [3.05, 3.63) is 35.3 Å². The normalized spacial score (nSPS) is 10.3. The van der Waals surface area contributed by atoms with Crippen molar-refractivity contribution in [2.45, 2.75) is 12.8 Å². The Morgan fingerprint density at radius 2 is 2.31 bits per heavy atom. The number of benzene rings is 1. The van der Waals surface area contributed by atoms with E-state index in [0.717, 1.165) is 23.7 Å². The zero-order valence-corrected chi connectivity index (χ0v) is 10.3. The predicted octanol–water partition coefficient (Wildman–Crippen LogP) is 3.45. The average Bonchev–Trinajstić information content (AvgIpc) is 2.80. The highest BCUT2D eigenvalue weighted by Gasteiger charge is 1.99. The third-order valence-corrected chi connectivity index (χ3v) is 3.01. The summed E-state index contributed by atoms with van der Waals surface area (Å²) < 4.78 is 0. The lowest BCUT2D eigenvalue weighted by Crippen LogP contribution is -1.92. The molecule has 5 heteroatoms. The lowest BCUT2D eigenvalue weighted by Gasteiger charge is -2.04. The molecule has 0 saturated heterocycles. The fourth-order valence-corrected chi connectivity index (χ4v) is 2.03. The summed E-state index contributed by atoms with van der Waals surface area (Å²) in [6.07, 6.45) is 2.01. The molecule has 0 spiro atoms. The summed E-state index contributed by atoms with van der Waals surface area (Å²) in [5.41, 5.74) is 4.04. The quantitative estimate of drug-likeness (QED) is 0.830. The van der Waals surface area contributed by atoms with Crippen molar-refractivity contribution in [3.63, 3.8) is 0 Å². The minimum Gasteiger partial charge on any atom is -0.330 e. The van der Waals surface area contributed by atoms with Gasteiger partial charge in [-0.2, -0.15) is 0 Å². The van der Waals surface area contributed by atoms with Crippen molar-refractivity contribution < 1.29 is 0 Å². The molecule has 0 fully saturated rings. The molecule has 0 aliphatic heterocycles. The van der Waals surface area contributed by atoms with Crippen molar-refractivity contribution in [1.29, 1.82) is 0 Å². The highest BCUT2D eigenvalue weighted by Crippen LogP contribution is 2.19. The molecule has 2 rings (SSSR count). The van der Waals surface area contributed by atoms with Crippen molar-refractivity contribution in [1.82, 2.24) is 10.2 Å². The number of halogens is 1. The summed E-state index contributed by atoms with van der Waals surface area (Å²) in [5, 5.41) is 11.7. The molecular formula is C11H12ClN3S. The second-order valence-corrected chi connectivity index (χ2v) is 4.57. The van der Waals surface area contributed by atoms with Gasteiger partial charge in [0.15, 0.2) is 0 Å². The first kappa shape index (κ1) is 11.4. The number of nitrogens with zero attached hydrogens (tertiary/aromatic N) is 2. The molecule has 0 radical (unpaired) electrons. The van der Waals surface area contributed by atoms with Gasteiger partial charge in [-0.05, 0) is 30.5 Å². The third kappa shape index (κ3) is 3.18. The highest BCUT2D eigenvalue weighted by atomic mass is 35.5. The van der Waals surface area contributed by atoms with Crippen molar-refractivity contribution in [3.8, 4) is 0 Å². The molecule has 16 heavy (non-hydrogen) atoms. The van der Waals surface area contributed by atoms with Gasteiger partial charge in [0.25, 0.3) is 0 Å². The van der Waals surface area contributed by atoms with Gasteiger partial charge in [0.2, 0.25) is 5.13 Å². The zero-order valence-electron chi connectivity index (χ0n) is 8.69. The van der Waals surface area contributed by atoms with Crippen molar-refractivity contribution in [2.24, 2.45) is 0 Å². The van der Waals surface area contributed by atoms with Gasteiger partial charge >= 0.3 is 0 Å². The first-order chi connectivity index (χ1) is 7.88. The van der Waals surface area contributed by atoms with Gasteiger partial charge in [0.05, 0.1) is 0 Å². The molecule has 3 nitrogen and oxygen atoms in total. The van der Waals surface area contributed by atoms with Crippen LogP contribution in [0.15, 0.2) is 29.8 Å². The van der Waals surface area contributed by atoms with Gasteiger partial charge < -0.3 is 5.32 Å². The maximum atomic E-state index is 5.67. The molecule has 0 atom stereocenters. The number of anilines is 2. The minimum absolute atomic E-state index is 0.702. The fourth-order valence-electron chi connectivity index (χ4n) is 1.43. The Labute approximate surface area is 103 Å². The van der Waals surface area contributed by atoms with E-state index in [2.05, 4.69) is 27.6 Å². The first-order valence-electron chi connectivity index (χ1n) is 5.06. The van der Waals surface area contributed by atoms with Gasteiger partial charge in [-0.25, -0.2) is 0 Å². The number of nitrogens with one attached hydrogen (secondary N) is 1. The number of rotatable bonds is 5. The Balaban J connectivity index is 2.04.